The number of aromatic carboxylic acids is 1. The van der Waals surface area contributed by atoms with Gasteiger partial charge < -0.3 is 14.7 Å². The van der Waals surface area contributed by atoms with E-state index in [0.717, 1.165) is 51.3 Å². The number of carboxylic acid groups (broad SMARTS) is 1. The van der Waals surface area contributed by atoms with Gasteiger partial charge in [0.05, 0.1) is 5.56 Å². The molecule has 1 saturated heterocycles. The monoisotopic (exact) mass is 261 g/mol. The Labute approximate surface area is 113 Å². The van der Waals surface area contributed by atoms with E-state index >= 15 is 0 Å². The highest BCUT2D eigenvalue weighted by molar-refractivity contribution is 5.89. The molecule has 4 heteroatoms. The summed E-state index contributed by atoms with van der Waals surface area (Å²) in [6.07, 6.45) is 3.26. The summed E-state index contributed by atoms with van der Waals surface area (Å²) in [6.45, 7) is 3.76. The lowest BCUT2D eigenvalue weighted by atomic mass is 9.99. The Kier molecular flexibility index (Phi) is 3.42. The van der Waals surface area contributed by atoms with Crippen LogP contribution in [-0.2, 0) is 11.2 Å². The second kappa shape index (κ2) is 5.21. The van der Waals surface area contributed by atoms with Crippen molar-refractivity contribution in [3.05, 3.63) is 29.3 Å². The molecular weight excluding hydrogens is 242 g/mol. The normalized spacial score (nSPS) is 19.5. The molecule has 0 amide bonds. The third kappa shape index (κ3) is 2.59. The molecule has 2 heterocycles. The molecule has 0 bridgehead atoms. The van der Waals surface area contributed by atoms with Crippen LogP contribution in [0.15, 0.2) is 18.2 Å². The second-order valence-corrected chi connectivity index (χ2v) is 5.40. The standard InChI is InChI=1S/C15H19NO3/c17-15(18)13-2-1-12-3-6-16(14(12)9-13)10-11-4-7-19-8-5-11/h1-2,9,11H,3-8,10H2,(H,17,18). The highest BCUT2D eigenvalue weighted by atomic mass is 16.5. The quantitative estimate of drug-likeness (QED) is 0.906. The Morgan fingerprint density at radius 1 is 1.37 bits per heavy atom. The minimum Gasteiger partial charge on any atom is -0.478 e. The molecule has 0 unspecified atom stereocenters. The summed E-state index contributed by atoms with van der Waals surface area (Å²) in [4.78, 5) is 13.4. The number of nitrogens with zero attached hydrogens (tertiary/aromatic N) is 1. The first-order valence-electron chi connectivity index (χ1n) is 6.93. The van der Waals surface area contributed by atoms with Gasteiger partial charge in [-0.15, -0.1) is 0 Å². The van der Waals surface area contributed by atoms with Crippen molar-refractivity contribution >= 4 is 11.7 Å². The molecule has 0 aromatic heterocycles. The fraction of sp³-hybridized carbons (Fsp3) is 0.533. The molecule has 0 radical (unpaired) electrons. The zero-order valence-corrected chi connectivity index (χ0v) is 11.0. The van der Waals surface area contributed by atoms with Gasteiger partial charge in [0.1, 0.15) is 0 Å². The highest BCUT2D eigenvalue weighted by Gasteiger charge is 2.24. The van der Waals surface area contributed by atoms with Crippen molar-refractivity contribution in [2.75, 3.05) is 31.2 Å². The van der Waals surface area contributed by atoms with E-state index in [1.807, 2.05) is 12.1 Å². The van der Waals surface area contributed by atoms with Crippen LogP contribution in [0.25, 0.3) is 0 Å². The Morgan fingerprint density at radius 2 is 2.16 bits per heavy atom. The van der Waals surface area contributed by atoms with Crippen LogP contribution in [-0.4, -0.2) is 37.4 Å². The van der Waals surface area contributed by atoms with Gasteiger partial charge in [0.25, 0.3) is 0 Å². The van der Waals surface area contributed by atoms with Gasteiger partial charge in [0.2, 0.25) is 0 Å². The Morgan fingerprint density at radius 3 is 2.89 bits per heavy atom. The lowest BCUT2D eigenvalue weighted by Crippen LogP contribution is -2.31. The van der Waals surface area contributed by atoms with Crippen LogP contribution in [0.3, 0.4) is 0 Å². The smallest absolute Gasteiger partial charge is 0.335 e. The molecule has 2 aliphatic rings. The SMILES string of the molecule is O=C(O)c1ccc2c(c1)N(CC1CCOCC1)CC2. The van der Waals surface area contributed by atoms with Crippen LogP contribution in [0.1, 0.15) is 28.8 Å². The van der Waals surface area contributed by atoms with Crippen LogP contribution in [0.4, 0.5) is 5.69 Å². The molecule has 1 aromatic rings. The van der Waals surface area contributed by atoms with Gasteiger partial charge >= 0.3 is 5.97 Å². The van der Waals surface area contributed by atoms with E-state index in [1.165, 1.54) is 5.56 Å². The van der Waals surface area contributed by atoms with E-state index in [9.17, 15) is 4.79 Å². The van der Waals surface area contributed by atoms with Crippen molar-refractivity contribution in [2.24, 2.45) is 5.92 Å². The topological polar surface area (TPSA) is 49.8 Å². The maximum absolute atomic E-state index is 11.1. The maximum Gasteiger partial charge on any atom is 0.335 e. The molecule has 1 N–H and O–H groups in total. The number of anilines is 1. The minimum absolute atomic E-state index is 0.387. The first-order chi connectivity index (χ1) is 9.24. The first kappa shape index (κ1) is 12.5. The van der Waals surface area contributed by atoms with Gasteiger partial charge in [-0.25, -0.2) is 4.79 Å². The summed E-state index contributed by atoms with van der Waals surface area (Å²) >= 11 is 0. The zero-order valence-electron chi connectivity index (χ0n) is 11.0. The number of benzene rings is 1. The van der Waals surface area contributed by atoms with Crippen molar-refractivity contribution in [2.45, 2.75) is 19.3 Å². The predicted molar refractivity (Wildman–Crippen MR) is 72.9 cm³/mol. The van der Waals surface area contributed by atoms with Crippen molar-refractivity contribution < 1.29 is 14.6 Å². The Hall–Kier alpha value is -1.55. The molecule has 4 nitrogen and oxygen atoms in total. The summed E-state index contributed by atoms with van der Waals surface area (Å²) in [6, 6.07) is 5.49. The molecule has 19 heavy (non-hydrogen) atoms. The van der Waals surface area contributed by atoms with Gasteiger partial charge in [-0.1, -0.05) is 6.07 Å². The van der Waals surface area contributed by atoms with Gasteiger partial charge in [-0.2, -0.15) is 0 Å². The first-order valence-corrected chi connectivity index (χ1v) is 6.93. The number of hydrogen-bond donors (Lipinski definition) is 1. The number of hydrogen-bond acceptors (Lipinski definition) is 3. The van der Waals surface area contributed by atoms with Crippen molar-refractivity contribution in [1.82, 2.24) is 0 Å². The van der Waals surface area contributed by atoms with Gasteiger partial charge in [0, 0.05) is 32.0 Å². The van der Waals surface area contributed by atoms with Crippen LogP contribution in [0.5, 0.6) is 0 Å². The molecule has 102 valence electrons. The third-order valence-corrected chi connectivity index (χ3v) is 4.14. The number of carboxylic acids is 1. The third-order valence-electron chi connectivity index (χ3n) is 4.14. The lowest BCUT2D eigenvalue weighted by Gasteiger charge is -2.28. The number of fused-ring (bicyclic) bond motifs is 1. The molecule has 1 aromatic carbocycles. The molecule has 0 spiro atoms. The molecule has 3 rings (SSSR count). The van der Waals surface area contributed by atoms with Crippen molar-refractivity contribution in [3.63, 3.8) is 0 Å². The molecule has 0 atom stereocenters. The van der Waals surface area contributed by atoms with E-state index in [2.05, 4.69) is 4.90 Å². The number of rotatable bonds is 3. The van der Waals surface area contributed by atoms with Crippen LogP contribution in [0.2, 0.25) is 0 Å². The molecule has 1 fully saturated rings. The summed E-state index contributed by atoms with van der Waals surface area (Å²) in [5.74, 6) is -0.172. The average Bonchev–Trinajstić information content (AvgIpc) is 2.82. The number of ether oxygens (including phenoxy) is 1. The van der Waals surface area contributed by atoms with Crippen molar-refractivity contribution in [1.29, 1.82) is 0 Å². The van der Waals surface area contributed by atoms with E-state index in [4.69, 9.17) is 9.84 Å². The zero-order chi connectivity index (χ0) is 13.2. The largest absolute Gasteiger partial charge is 0.478 e. The summed E-state index contributed by atoms with van der Waals surface area (Å²) < 4.78 is 5.39. The van der Waals surface area contributed by atoms with Crippen molar-refractivity contribution in [3.8, 4) is 0 Å². The van der Waals surface area contributed by atoms with E-state index in [0.29, 0.717) is 11.5 Å². The predicted octanol–water partition coefficient (Wildman–Crippen LogP) is 2.17. The molecule has 0 aliphatic carbocycles. The molecule has 0 saturated carbocycles. The van der Waals surface area contributed by atoms with E-state index < -0.39 is 5.97 Å². The summed E-state index contributed by atoms with van der Waals surface area (Å²) in [5.41, 5.74) is 2.78. The maximum atomic E-state index is 11.1. The van der Waals surface area contributed by atoms with E-state index in [1.54, 1.807) is 6.07 Å². The average molecular weight is 261 g/mol. The number of carbonyl (C=O) groups is 1. The molecular formula is C15H19NO3. The summed E-state index contributed by atoms with van der Waals surface area (Å²) in [5, 5.41) is 9.09. The Bertz CT molecular complexity index is 480. The Balaban J connectivity index is 1.76. The van der Waals surface area contributed by atoms with Crippen LogP contribution >= 0.6 is 0 Å². The fourth-order valence-corrected chi connectivity index (χ4v) is 3.01. The van der Waals surface area contributed by atoms with Gasteiger partial charge in [0.15, 0.2) is 0 Å². The molecule has 2 aliphatic heterocycles. The lowest BCUT2D eigenvalue weighted by molar-refractivity contribution is 0.0683. The highest BCUT2D eigenvalue weighted by Crippen LogP contribution is 2.31. The minimum atomic E-state index is -0.847. The second-order valence-electron chi connectivity index (χ2n) is 5.40. The van der Waals surface area contributed by atoms with Crippen LogP contribution in [0, 0.1) is 5.92 Å². The fourth-order valence-electron chi connectivity index (χ4n) is 3.01. The van der Waals surface area contributed by atoms with E-state index in [-0.39, 0.29) is 0 Å². The summed E-state index contributed by atoms with van der Waals surface area (Å²) in [7, 11) is 0. The van der Waals surface area contributed by atoms with Gasteiger partial charge in [-0.05, 0) is 42.9 Å². The van der Waals surface area contributed by atoms with Crippen LogP contribution < -0.4 is 4.90 Å². The van der Waals surface area contributed by atoms with Gasteiger partial charge in [-0.3, -0.25) is 0 Å².